The average Bonchev–Trinajstić information content (AvgIpc) is 2.33. The molecule has 1 heterocycles. The minimum atomic E-state index is -0.316. The Morgan fingerprint density at radius 1 is 1.47 bits per heavy atom. The highest BCUT2D eigenvalue weighted by Gasteiger charge is 2.14. The highest BCUT2D eigenvalue weighted by molar-refractivity contribution is 5.65. The lowest BCUT2D eigenvalue weighted by atomic mass is 9.99. The fraction of sp³-hybridized carbons (Fsp3) is 0.429. The average molecular weight is 236 g/mol. The van der Waals surface area contributed by atoms with Crippen LogP contribution in [-0.2, 0) is 4.74 Å². The van der Waals surface area contributed by atoms with Crippen LogP contribution in [0.3, 0.4) is 0 Å². The van der Waals surface area contributed by atoms with Gasteiger partial charge in [0.2, 0.25) is 0 Å². The Kier molecular flexibility index (Phi) is 3.67. The lowest BCUT2D eigenvalue weighted by Gasteiger charge is -2.20. The third kappa shape index (κ3) is 2.78. The Morgan fingerprint density at radius 3 is 2.88 bits per heavy atom. The van der Waals surface area contributed by atoms with E-state index < -0.39 is 0 Å². The van der Waals surface area contributed by atoms with Gasteiger partial charge >= 0.3 is 0 Å². The van der Waals surface area contributed by atoms with Gasteiger partial charge in [-0.1, -0.05) is 6.07 Å². The maximum absolute atomic E-state index is 13.7. The van der Waals surface area contributed by atoms with Gasteiger partial charge in [-0.2, -0.15) is 0 Å². The van der Waals surface area contributed by atoms with E-state index in [-0.39, 0.29) is 11.9 Å². The lowest BCUT2D eigenvalue weighted by molar-refractivity contribution is 0.144. The molecule has 0 radical (unpaired) electrons. The van der Waals surface area contributed by atoms with E-state index in [9.17, 15) is 4.39 Å². The molecule has 1 aliphatic rings. The first-order chi connectivity index (χ1) is 8.20. The maximum atomic E-state index is 13.7. The Bertz CT molecular complexity index is 426. The fourth-order valence-corrected chi connectivity index (χ4v) is 1.87. The molecule has 0 aliphatic carbocycles. The minimum Gasteiger partial charge on any atom is -0.498 e. The molecule has 1 aromatic carbocycles. The summed E-state index contributed by atoms with van der Waals surface area (Å²) in [6, 6.07) is 5.06. The predicted molar refractivity (Wildman–Crippen MR) is 65.3 cm³/mol. The van der Waals surface area contributed by atoms with E-state index in [1.807, 2.05) is 19.9 Å². The molecule has 1 unspecified atom stereocenters. The molecule has 0 saturated heterocycles. The summed E-state index contributed by atoms with van der Waals surface area (Å²) in [5.41, 5.74) is 1.92. The Morgan fingerprint density at radius 2 is 2.29 bits per heavy atom. The monoisotopic (exact) mass is 236 g/mol. The molecule has 1 aliphatic heterocycles. The van der Waals surface area contributed by atoms with Crippen molar-refractivity contribution in [3.05, 3.63) is 35.8 Å². The lowest BCUT2D eigenvalue weighted by Crippen LogP contribution is -2.09. The van der Waals surface area contributed by atoms with E-state index in [4.69, 9.17) is 9.47 Å². The van der Waals surface area contributed by atoms with Gasteiger partial charge in [0, 0.05) is 0 Å². The van der Waals surface area contributed by atoms with E-state index in [2.05, 4.69) is 0 Å². The summed E-state index contributed by atoms with van der Waals surface area (Å²) in [5, 5.41) is 0. The molecule has 0 saturated carbocycles. The first-order valence-electron chi connectivity index (χ1n) is 5.98. The van der Waals surface area contributed by atoms with Crippen LogP contribution in [0, 0.1) is 5.82 Å². The van der Waals surface area contributed by atoms with Crippen molar-refractivity contribution < 1.29 is 13.9 Å². The summed E-state index contributed by atoms with van der Waals surface area (Å²) in [6.45, 7) is 4.35. The van der Waals surface area contributed by atoms with Gasteiger partial charge in [0.25, 0.3) is 0 Å². The molecular formula is C14H17FO2. The van der Waals surface area contributed by atoms with Gasteiger partial charge in [0.1, 0.15) is 0 Å². The largest absolute Gasteiger partial charge is 0.498 e. The molecule has 2 rings (SSSR count). The summed E-state index contributed by atoms with van der Waals surface area (Å²) in [7, 11) is 0. The highest BCUT2D eigenvalue weighted by atomic mass is 19.1. The fourth-order valence-electron chi connectivity index (χ4n) is 1.87. The summed E-state index contributed by atoms with van der Waals surface area (Å²) in [4.78, 5) is 0. The van der Waals surface area contributed by atoms with Crippen molar-refractivity contribution in [1.82, 2.24) is 0 Å². The van der Waals surface area contributed by atoms with E-state index in [1.165, 1.54) is 6.07 Å². The second kappa shape index (κ2) is 5.21. The van der Waals surface area contributed by atoms with E-state index in [0.29, 0.717) is 12.4 Å². The van der Waals surface area contributed by atoms with Crippen LogP contribution in [-0.4, -0.2) is 12.7 Å². The predicted octanol–water partition coefficient (Wildman–Crippen LogP) is 3.76. The SMILES string of the molecule is CCOc1ccc(C2=COC(C)CC2)cc1F. The zero-order valence-electron chi connectivity index (χ0n) is 10.2. The molecule has 0 amide bonds. The number of rotatable bonds is 3. The molecule has 92 valence electrons. The Labute approximate surface area is 101 Å². The van der Waals surface area contributed by atoms with Crippen molar-refractivity contribution in [1.29, 1.82) is 0 Å². The van der Waals surface area contributed by atoms with E-state index in [0.717, 1.165) is 24.0 Å². The van der Waals surface area contributed by atoms with Gasteiger partial charge < -0.3 is 9.47 Å². The van der Waals surface area contributed by atoms with Crippen LogP contribution in [0.1, 0.15) is 32.3 Å². The van der Waals surface area contributed by atoms with Gasteiger partial charge in [-0.15, -0.1) is 0 Å². The molecule has 0 bridgehead atoms. The van der Waals surface area contributed by atoms with Gasteiger partial charge in [-0.25, -0.2) is 4.39 Å². The normalized spacial score (nSPS) is 19.5. The van der Waals surface area contributed by atoms with Crippen LogP contribution in [0.15, 0.2) is 24.5 Å². The topological polar surface area (TPSA) is 18.5 Å². The molecular weight excluding hydrogens is 219 g/mol. The second-order valence-electron chi connectivity index (χ2n) is 4.21. The van der Waals surface area contributed by atoms with Crippen LogP contribution >= 0.6 is 0 Å². The quantitative estimate of drug-likeness (QED) is 0.795. The summed E-state index contributed by atoms with van der Waals surface area (Å²) in [6.07, 6.45) is 3.89. The number of hydrogen-bond acceptors (Lipinski definition) is 2. The number of benzene rings is 1. The highest BCUT2D eigenvalue weighted by Crippen LogP contribution is 2.29. The molecule has 0 spiro atoms. The smallest absolute Gasteiger partial charge is 0.165 e. The van der Waals surface area contributed by atoms with E-state index >= 15 is 0 Å². The van der Waals surface area contributed by atoms with Crippen molar-refractivity contribution in [3.8, 4) is 5.75 Å². The van der Waals surface area contributed by atoms with Crippen molar-refractivity contribution in [2.75, 3.05) is 6.61 Å². The molecule has 1 aromatic rings. The van der Waals surface area contributed by atoms with Crippen molar-refractivity contribution in [3.63, 3.8) is 0 Å². The van der Waals surface area contributed by atoms with E-state index in [1.54, 1.807) is 12.3 Å². The number of allylic oxidation sites excluding steroid dienone is 1. The number of ether oxygens (including phenoxy) is 2. The van der Waals surface area contributed by atoms with Crippen LogP contribution in [0.4, 0.5) is 4.39 Å². The van der Waals surface area contributed by atoms with Crippen LogP contribution in [0.25, 0.3) is 5.57 Å². The number of hydrogen-bond donors (Lipinski definition) is 0. The molecule has 2 nitrogen and oxygen atoms in total. The van der Waals surface area contributed by atoms with Crippen molar-refractivity contribution in [2.24, 2.45) is 0 Å². The van der Waals surface area contributed by atoms with Gasteiger partial charge in [0.05, 0.1) is 19.0 Å². The second-order valence-corrected chi connectivity index (χ2v) is 4.21. The Balaban J connectivity index is 2.20. The third-order valence-corrected chi connectivity index (χ3v) is 2.87. The molecule has 1 atom stereocenters. The molecule has 3 heteroatoms. The van der Waals surface area contributed by atoms with Crippen LogP contribution in [0.5, 0.6) is 5.75 Å². The molecule has 17 heavy (non-hydrogen) atoms. The first-order valence-corrected chi connectivity index (χ1v) is 5.98. The molecule has 0 N–H and O–H groups in total. The van der Waals surface area contributed by atoms with Gasteiger partial charge in [-0.05, 0) is 50.0 Å². The summed E-state index contributed by atoms with van der Waals surface area (Å²) in [5.74, 6) is -0.00850. The maximum Gasteiger partial charge on any atom is 0.165 e. The summed E-state index contributed by atoms with van der Waals surface area (Å²) < 4.78 is 24.3. The van der Waals surface area contributed by atoms with Crippen LogP contribution < -0.4 is 4.74 Å². The zero-order valence-corrected chi connectivity index (χ0v) is 10.2. The Hall–Kier alpha value is -1.51. The molecule has 0 aromatic heterocycles. The van der Waals surface area contributed by atoms with Gasteiger partial charge in [-0.3, -0.25) is 0 Å². The molecule has 0 fully saturated rings. The van der Waals surface area contributed by atoms with Crippen LogP contribution in [0.2, 0.25) is 0 Å². The van der Waals surface area contributed by atoms with Gasteiger partial charge in [0.15, 0.2) is 11.6 Å². The zero-order chi connectivity index (χ0) is 12.3. The minimum absolute atomic E-state index is 0.256. The standard InChI is InChI=1S/C14H17FO2/c1-3-16-14-7-6-11(8-13(14)15)12-5-4-10(2)17-9-12/h6-10H,3-5H2,1-2H3. The number of halogens is 1. The first kappa shape index (κ1) is 12.0. The van der Waals surface area contributed by atoms with Crippen molar-refractivity contribution in [2.45, 2.75) is 32.8 Å². The summed E-state index contributed by atoms with van der Waals surface area (Å²) >= 11 is 0. The van der Waals surface area contributed by atoms with Crippen molar-refractivity contribution >= 4 is 5.57 Å². The third-order valence-electron chi connectivity index (χ3n) is 2.87.